The summed E-state index contributed by atoms with van der Waals surface area (Å²) < 4.78 is 0. The summed E-state index contributed by atoms with van der Waals surface area (Å²) in [4.78, 5) is 13.3. The van der Waals surface area contributed by atoms with Gasteiger partial charge in [-0.1, -0.05) is 0 Å². The lowest BCUT2D eigenvalue weighted by atomic mass is 10.2. The van der Waals surface area contributed by atoms with Crippen LogP contribution in [-0.2, 0) is 4.79 Å². The highest BCUT2D eigenvalue weighted by molar-refractivity contribution is 5.78. The van der Waals surface area contributed by atoms with E-state index in [2.05, 4.69) is 16.7 Å². The monoisotopic (exact) mass is 221 g/mol. The lowest BCUT2D eigenvalue weighted by Crippen LogP contribution is -2.53. The first-order chi connectivity index (χ1) is 7.77. The van der Waals surface area contributed by atoms with Gasteiger partial charge >= 0.3 is 0 Å². The number of hydrogen-bond donors (Lipinski definition) is 2. The Hall–Kier alpha value is -1.63. The third-order valence-corrected chi connectivity index (χ3v) is 2.41. The summed E-state index contributed by atoms with van der Waals surface area (Å²) in [5, 5.41) is 22.9. The van der Waals surface area contributed by atoms with Gasteiger partial charge in [0.1, 0.15) is 6.04 Å². The number of nitrogens with zero attached hydrogens (tertiary/aromatic N) is 3. The Morgan fingerprint density at radius 3 is 3.06 bits per heavy atom. The average Bonchev–Trinajstić information content (AvgIpc) is 2.30. The van der Waals surface area contributed by atoms with Crippen molar-refractivity contribution in [2.24, 2.45) is 0 Å². The summed E-state index contributed by atoms with van der Waals surface area (Å²) in [5.74, 6) is -0.127. The molecule has 0 aromatic rings. The number of nitrogens with one attached hydrogen (secondary N) is 2. The molecule has 0 radical (unpaired) electrons. The summed E-state index contributed by atoms with van der Waals surface area (Å²) in [6.45, 7) is 2.69. The van der Waals surface area contributed by atoms with Crippen molar-refractivity contribution in [3.05, 3.63) is 0 Å². The van der Waals surface area contributed by atoms with Gasteiger partial charge < -0.3 is 10.6 Å². The van der Waals surface area contributed by atoms with Crippen molar-refractivity contribution in [1.29, 1.82) is 10.5 Å². The molecule has 1 fully saturated rings. The van der Waals surface area contributed by atoms with E-state index in [0.717, 1.165) is 6.54 Å². The molecule has 0 aliphatic carbocycles. The van der Waals surface area contributed by atoms with Gasteiger partial charge in [0.25, 0.3) is 0 Å². The maximum absolute atomic E-state index is 11.5. The summed E-state index contributed by atoms with van der Waals surface area (Å²) in [5.41, 5.74) is 0. The Morgan fingerprint density at radius 2 is 2.38 bits per heavy atom. The molecular weight excluding hydrogens is 206 g/mol. The number of piperazine rings is 1. The van der Waals surface area contributed by atoms with Gasteiger partial charge in [-0.15, -0.1) is 0 Å². The van der Waals surface area contributed by atoms with Crippen molar-refractivity contribution in [1.82, 2.24) is 15.5 Å². The van der Waals surface area contributed by atoms with Crippen molar-refractivity contribution in [2.75, 3.05) is 32.7 Å². The van der Waals surface area contributed by atoms with Crippen LogP contribution in [0.2, 0.25) is 0 Å². The van der Waals surface area contributed by atoms with E-state index in [-0.39, 0.29) is 18.5 Å². The van der Waals surface area contributed by atoms with Crippen LogP contribution in [0.4, 0.5) is 0 Å². The van der Waals surface area contributed by atoms with Crippen molar-refractivity contribution in [3.63, 3.8) is 0 Å². The fourth-order valence-corrected chi connectivity index (χ4v) is 1.56. The molecule has 0 bridgehead atoms. The molecule has 6 nitrogen and oxygen atoms in total. The SMILES string of the molecule is N#CCCNC(=O)CN1CCNCC1C#N. The number of nitriles is 2. The smallest absolute Gasteiger partial charge is 0.234 e. The summed E-state index contributed by atoms with van der Waals surface area (Å²) >= 11 is 0. The molecule has 1 saturated heterocycles. The van der Waals surface area contributed by atoms with Gasteiger partial charge in [0, 0.05) is 26.2 Å². The van der Waals surface area contributed by atoms with Crippen LogP contribution in [0, 0.1) is 22.7 Å². The van der Waals surface area contributed by atoms with Gasteiger partial charge in [-0.2, -0.15) is 10.5 Å². The minimum absolute atomic E-state index is 0.127. The quantitative estimate of drug-likeness (QED) is 0.583. The van der Waals surface area contributed by atoms with E-state index in [1.807, 2.05) is 11.0 Å². The van der Waals surface area contributed by atoms with Crippen molar-refractivity contribution < 1.29 is 4.79 Å². The molecule has 0 aromatic carbocycles. The zero-order valence-electron chi connectivity index (χ0n) is 9.07. The van der Waals surface area contributed by atoms with Gasteiger partial charge in [0.15, 0.2) is 0 Å². The topological polar surface area (TPSA) is 91.9 Å². The maximum Gasteiger partial charge on any atom is 0.234 e. The van der Waals surface area contributed by atoms with Crippen LogP contribution in [0.15, 0.2) is 0 Å². The summed E-state index contributed by atoms with van der Waals surface area (Å²) in [6.07, 6.45) is 0.314. The third-order valence-electron chi connectivity index (χ3n) is 2.41. The predicted octanol–water partition coefficient (Wildman–Crippen LogP) is -1.19. The Labute approximate surface area is 94.8 Å². The van der Waals surface area contributed by atoms with E-state index in [9.17, 15) is 4.79 Å². The van der Waals surface area contributed by atoms with E-state index in [1.54, 1.807) is 0 Å². The molecule has 1 aliphatic heterocycles. The van der Waals surface area contributed by atoms with Crippen LogP contribution < -0.4 is 10.6 Å². The zero-order chi connectivity index (χ0) is 11.8. The van der Waals surface area contributed by atoms with Gasteiger partial charge in [0.2, 0.25) is 5.91 Å². The highest BCUT2D eigenvalue weighted by Crippen LogP contribution is 2.01. The molecule has 2 N–H and O–H groups in total. The maximum atomic E-state index is 11.5. The van der Waals surface area contributed by atoms with Crippen molar-refractivity contribution in [3.8, 4) is 12.1 Å². The second-order valence-electron chi connectivity index (χ2n) is 3.58. The molecule has 1 rings (SSSR count). The fourth-order valence-electron chi connectivity index (χ4n) is 1.56. The molecule has 0 spiro atoms. The van der Waals surface area contributed by atoms with Crippen LogP contribution in [0.1, 0.15) is 6.42 Å². The fraction of sp³-hybridized carbons (Fsp3) is 0.700. The Balaban J connectivity index is 2.32. The predicted molar refractivity (Wildman–Crippen MR) is 57.1 cm³/mol. The molecule has 6 heteroatoms. The highest BCUT2D eigenvalue weighted by atomic mass is 16.2. The second kappa shape index (κ2) is 6.78. The van der Waals surface area contributed by atoms with E-state index < -0.39 is 0 Å². The molecule has 86 valence electrons. The molecule has 1 atom stereocenters. The van der Waals surface area contributed by atoms with Gasteiger partial charge in [-0.25, -0.2) is 0 Å². The van der Waals surface area contributed by atoms with Crippen LogP contribution in [0.5, 0.6) is 0 Å². The number of amides is 1. The first kappa shape index (κ1) is 12.4. The molecule has 0 saturated carbocycles. The van der Waals surface area contributed by atoms with Crippen LogP contribution >= 0.6 is 0 Å². The summed E-state index contributed by atoms with van der Waals surface area (Å²) in [7, 11) is 0. The first-order valence-corrected chi connectivity index (χ1v) is 5.26. The third kappa shape index (κ3) is 3.85. The number of carbonyl (C=O) groups excluding carboxylic acids is 1. The van der Waals surface area contributed by atoms with Gasteiger partial charge in [-0.05, 0) is 0 Å². The van der Waals surface area contributed by atoms with E-state index in [0.29, 0.717) is 26.1 Å². The molecule has 16 heavy (non-hydrogen) atoms. The zero-order valence-corrected chi connectivity index (χ0v) is 9.07. The van der Waals surface area contributed by atoms with E-state index in [4.69, 9.17) is 10.5 Å². The minimum Gasteiger partial charge on any atom is -0.354 e. The second-order valence-corrected chi connectivity index (χ2v) is 3.58. The normalized spacial score (nSPS) is 20.8. The highest BCUT2D eigenvalue weighted by Gasteiger charge is 2.23. The van der Waals surface area contributed by atoms with E-state index in [1.165, 1.54) is 0 Å². The molecule has 1 heterocycles. The molecule has 1 aliphatic rings. The van der Waals surface area contributed by atoms with Crippen LogP contribution in [-0.4, -0.2) is 49.6 Å². The lowest BCUT2D eigenvalue weighted by molar-refractivity contribution is -0.122. The summed E-state index contributed by atoms with van der Waals surface area (Å²) in [6, 6.07) is 3.87. The van der Waals surface area contributed by atoms with Gasteiger partial charge in [-0.3, -0.25) is 9.69 Å². The van der Waals surface area contributed by atoms with Crippen molar-refractivity contribution >= 4 is 5.91 Å². The van der Waals surface area contributed by atoms with Crippen LogP contribution in [0.25, 0.3) is 0 Å². The van der Waals surface area contributed by atoms with E-state index >= 15 is 0 Å². The van der Waals surface area contributed by atoms with Gasteiger partial charge in [0.05, 0.1) is 25.1 Å². The minimum atomic E-state index is -0.240. The number of hydrogen-bond acceptors (Lipinski definition) is 5. The number of carbonyl (C=O) groups is 1. The number of rotatable bonds is 4. The Morgan fingerprint density at radius 1 is 1.56 bits per heavy atom. The largest absolute Gasteiger partial charge is 0.354 e. The first-order valence-electron chi connectivity index (χ1n) is 5.26. The molecule has 0 aromatic heterocycles. The lowest BCUT2D eigenvalue weighted by Gasteiger charge is -2.31. The Bertz CT molecular complexity index is 316. The molecule has 1 amide bonds. The standard InChI is InChI=1S/C10H15N5O/c11-2-1-3-14-10(16)8-15-5-4-13-7-9(15)6-12/h9,13H,1,3-5,7-8H2,(H,14,16). The molecular formula is C10H15N5O. The Kier molecular flexibility index (Phi) is 5.27. The molecule has 1 unspecified atom stereocenters. The average molecular weight is 221 g/mol. The van der Waals surface area contributed by atoms with Crippen molar-refractivity contribution in [2.45, 2.75) is 12.5 Å². The van der Waals surface area contributed by atoms with Crippen LogP contribution in [0.3, 0.4) is 0 Å².